The summed E-state index contributed by atoms with van der Waals surface area (Å²) in [5, 5.41) is 2.34. The van der Waals surface area contributed by atoms with E-state index in [9.17, 15) is 0 Å². The minimum atomic E-state index is 0.377. The average Bonchev–Trinajstić information content (AvgIpc) is 3.13. The van der Waals surface area contributed by atoms with Crippen molar-refractivity contribution in [2.45, 2.75) is 12.8 Å². The number of furan rings is 1. The molecule has 0 saturated heterocycles. The van der Waals surface area contributed by atoms with Gasteiger partial charge in [0.15, 0.2) is 0 Å². The normalized spacial score (nSPS) is 12.5. The molecule has 130 valence electrons. The third kappa shape index (κ3) is 2.72. The van der Waals surface area contributed by atoms with Crippen LogP contribution in [0.15, 0.2) is 101 Å². The highest BCUT2D eigenvalue weighted by molar-refractivity contribution is 6.09. The molecule has 1 heterocycles. The lowest BCUT2D eigenvalue weighted by molar-refractivity contribution is 0.670. The zero-order valence-electron chi connectivity index (χ0n) is 15.2. The fourth-order valence-electron chi connectivity index (χ4n) is 3.86. The van der Waals surface area contributed by atoms with Crippen LogP contribution >= 0.6 is 0 Å². The highest BCUT2D eigenvalue weighted by Gasteiger charge is 2.13. The van der Waals surface area contributed by atoms with Gasteiger partial charge in [0.1, 0.15) is 11.2 Å². The van der Waals surface area contributed by atoms with Crippen molar-refractivity contribution in [3.63, 3.8) is 0 Å². The zero-order valence-corrected chi connectivity index (χ0v) is 15.2. The molecule has 0 amide bonds. The molecule has 0 fully saturated rings. The highest BCUT2D eigenvalue weighted by atomic mass is 16.3. The van der Waals surface area contributed by atoms with E-state index in [1.165, 1.54) is 27.5 Å². The zero-order chi connectivity index (χ0) is 18.2. The molecule has 0 aliphatic carbocycles. The summed E-state index contributed by atoms with van der Waals surface area (Å²) in [6.45, 7) is 2.25. The maximum absolute atomic E-state index is 6.18. The molecule has 27 heavy (non-hydrogen) atoms. The second-order valence-electron chi connectivity index (χ2n) is 7.03. The van der Waals surface area contributed by atoms with E-state index in [0.29, 0.717) is 5.92 Å². The predicted molar refractivity (Wildman–Crippen MR) is 113 cm³/mol. The van der Waals surface area contributed by atoms with Crippen LogP contribution < -0.4 is 0 Å². The van der Waals surface area contributed by atoms with Crippen LogP contribution in [-0.4, -0.2) is 0 Å². The monoisotopic (exact) mass is 348 g/mol. The van der Waals surface area contributed by atoms with Crippen molar-refractivity contribution in [1.29, 1.82) is 0 Å². The van der Waals surface area contributed by atoms with Crippen LogP contribution in [-0.2, 0) is 0 Å². The summed E-state index contributed by atoms with van der Waals surface area (Å²) in [5.74, 6) is 0.377. The SMILES string of the molecule is CC(c1ccccc1)c1ccc(-c2cccc3c2oc2ccccc23)cc1. The lowest BCUT2D eigenvalue weighted by Gasteiger charge is -2.13. The molecule has 1 unspecified atom stereocenters. The number of benzene rings is 4. The van der Waals surface area contributed by atoms with Crippen LogP contribution in [0.2, 0.25) is 0 Å². The minimum Gasteiger partial charge on any atom is -0.455 e. The summed E-state index contributed by atoms with van der Waals surface area (Å²) in [5.41, 5.74) is 6.88. The summed E-state index contributed by atoms with van der Waals surface area (Å²) in [7, 11) is 0. The van der Waals surface area contributed by atoms with Crippen LogP contribution in [0.1, 0.15) is 24.0 Å². The third-order valence-corrected chi connectivity index (χ3v) is 5.43. The Kier molecular flexibility index (Phi) is 3.79. The molecule has 0 radical (unpaired) electrons. The quantitative estimate of drug-likeness (QED) is 0.331. The van der Waals surface area contributed by atoms with Gasteiger partial charge in [-0.3, -0.25) is 0 Å². The first-order valence-corrected chi connectivity index (χ1v) is 9.37. The Balaban J connectivity index is 1.57. The minimum absolute atomic E-state index is 0.377. The van der Waals surface area contributed by atoms with Gasteiger partial charge in [-0.15, -0.1) is 0 Å². The van der Waals surface area contributed by atoms with E-state index in [4.69, 9.17) is 4.42 Å². The van der Waals surface area contributed by atoms with Crippen molar-refractivity contribution >= 4 is 21.9 Å². The van der Waals surface area contributed by atoms with E-state index in [1.807, 2.05) is 12.1 Å². The van der Waals surface area contributed by atoms with Crippen LogP contribution in [0.4, 0.5) is 0 Å². The highest BCUT2D eigenvalue weighted by Crippen LogP contribution is 2.36. The summed E-state index contributed by atoms with van der Waals surface area (Å²) < 4.78 is 6.18. The molecule has 5 rings (SSSR count). The van der Waals surface area contributed by atoms with Gasteiger partial charge in [-0.1, -0.05) is 97.9 Å². The molecular formula is C26H20O. The van der Waals surface area contributed by atoms with E-state index >= 15 is 0 Å². The summed E-state index contributed by atoms with van der Waals surface area (Å²) in [6.07, 6.45) is 0. The fourth-order valence-corrected chi connectivity index (χ4v) is 3.86. The second kappa shape index (κ2) is 6.44. The van der Waals surface area contributed by atoms with Gasteiger partial charge in [-0.05, 0) is 22.8 Å². The van der Waals surface area contributed by atoms with E-state index in [2.05, 4.69) is 91.9 Å². The van der Waals surface area contributed by atoms with Gasteiger partial charge < -0.3 is 4.42 Å². The van der Waals surface area contributed by atoms with Crippen LogP contribution in [0, 0.1) is 0 Å². The third-order valence-electron chi connectivity index (χ3n) is 5.43. The topological polar surface area (TPSA) is 13.1 Å². The van der Waals surface area contributed by atoms with Gasteiger partial charge in [0.05, 0.1) is 0 Å². The maximum atomic E-state index is 6.18. The molecule has 1 heteroatoms. The number of para-hydroxylation sites is 2. The van der Waals surface area contributed by atoms with Crippen LogP contribution in [0.5, 0.6) is 0 Å². The summed E-state index contributed by atoms with van der Waals surface area (Å²) >= 11 is 0. The van der Waals surface area contributed by atoms with Crippen molar-refractivity contribution in [3.05, 3.63) is 108 Å². The van der Waals surface area contributed by atoms with E-state index in [0.717, 1.165) is 16.7 Å². The molecule has 1 aromatic heterocycles. The lowest BCUT2D eigenvalue weighted by atomic mass is 9.91. The van der Waals surface area contributed by atoms with E-state index in [-0.39, 0.29) is 0 Å². The van der Waals surface area contributed by atoms with E-state index < -0.39 is 0 Å². The summed E-state index contributed by atoms with van der Waals surface area (Å²) in [4.78, 5) is 0. The Morgan fingerprint density at radius 1 is 0.593 bits per heavy atom. The molecule has 0 saturated carbocycles. The molecule has 0 spiro atoms. The average molecular weight is 348 g/mol. The molecule has 5 aromatic rings. The number of hydrogen-bond donors (Lipinski definition) is 0. The van der Waals surface area contributed by atoms with Crippen molar-refractivity contribution in [3.8, 4) is 11.1 Å². The van der Waals surface area contributed by atoms with Crippen molar-refractivity contribution in [2.75, 3.05) is 0 Å². The van der Waals surface area contributed by atoms with Gasteiger partial charge in [0.25, 0.3) is 0 Å². The predicted octanol–water partition coefficient (Wildman–Crippen LogP) is 7.40. The van der Waals surface area contributed by atoms with Gasteiger partial charge >= 0.3 is 0 Å². The molecule has 1 nitrogen and oxygen atoms in total. The van der Waals surface area contributed by atoms with Crippen LogP contribution in [0.3, 0.4) is 0 Å². The van der Waals surface area contributed by atoms with E-state index in [1.54, 1.807) is 0 Å². The molecule has 0 bridgehead atoms. The maximum Gasteiger partial charge on any atom is 0.143 e. The second-order valence-corrected chi connectivity index (χ2v) is 7.03. The first-order chi connectivity index (χ1) is 13.3. The molecule has 1 atom stereocenters. The summed E-state index contributed by atoms with van der Waals surface area (Å²) in [6, 6.07) is 34.1. The Hall–Kier alpha value is -3.32. The fraction of sp³-hybridized carbons (Fsp3) is 0.0769. The molecular weight excluding hydrogens is 328 g/mol. The lowest BCUT2D eigenvalue weighted by Crippen LogP contribution is -1.95. The number of hydrogen-bond acceptors (Lipinski definition) is 1. The molecule has 4 aromatic carbocycles. The smallest absolute Gasteiger partial charge is 0.143 e. The molecule has 0 N–H and O–H groups in total. The van der Waals surface area contributed by atoms with Gasteiger partial charge in [0.2, 0.25) is 0 Å². The molecule has 0 aliphatic heterocycles. The number of rotatable bonds is 3. The first-order valence-electron chi connectivity index (χ1n) is 9.37. The van der Waals surface area contributed by atoms with Gasteiger partial charge in [-0.2, -0.15) is 0 Å². The Bertz CT molecular complexity index is 1210. The largest absolute Gasteiger partial charge is 0.455 e. The molecule has 0 aliphatic rings. The van der Waals surface area contributed by atoms with Gasteiger partial charge in [-0.25, -0.2) is 0 Å². The van der Waals surface area contributed by atoms with Gasteiger partial charge in [0, 0.05) is 22.3 Å². The van der Waals surface area contributed by atoms with Crippen molar-refractivity contribution < 1.29 is 4.42 Å². The van der Waals surface area contributed by atoms with Crippen LogP contribution in [0.25, 0.3) is 33.1 Å². The Labute approximate surface area is 158 Å². The Morgan fingerprint density at radius 2 is 1.26 bits per heavy atom. The number of fused-ring (bicyclic) bond motifs is 3. The Morgan fingerprint density at radius 3 is 2.07 bits per heavy atom. The van der Waals surface area contributed by atoms with Crippen molar-refractivity contribution in [1.82, 2.24) is 0 Å². The first kappa shape index (κ1) is 15.9. The standard InChI is InChI=1S/C26H20O/c1-18(19-8-3-2-4-9-19)20-14-16-21(17-15-20)22-11-7-12-24-23-10-5-6-13-25(23)27-26(22)24/h2-18H,1H3. The van der Waals surface area contributed by atoms with Crippen molar-refractivity contribution in [2.24, 2.45) is 0 Å².